The molecule has 4 heteroatoms. The van der Waals surface area contributed by atoms with Gasteiger partial charge in [-0.05, 0) is 17.5 Å². The smallest absolute Gasteiger partial charge is 0.173 e. The van der Waals surface area contributed by atoms with E-state index in [1.54, 1.807) is 60.7 Å². The Morgan fingerprint density at radius 1 is 0.432 bits per heavy atom. The predicted molar refractivity (Wildman–Crippen MR) is 143 cm³/mol. The number of carbonyl (C=O) groups excluding carboxylic acids is 4. The third-order valence-electron chi connectivity index (χ3n) is 6.44. The first-order chi connectivity index (χ1) is 18.0. The lowest BCUT2D eigenvalue weighted by atomic mass is 9.78. The maximum absolute atomic E-state index is 13.6. The molecule has 4 aromatic carbocycles. The van der Waals surface area contributed by atoms with Crippen molar-refractivity contribution in [3.8, 4) is 0 Å². The van der Waals surface area contributed by atoms with E-state index in [-0.39, 0.29) is 42.4 Å². The van der Waals surface area contributed by atoms with Crippen molar-refractivity contribution in [1.29, 1.82) is 0 Å². The first-order valence-corrected chi connectivity index (χ1v) is 12.3. The Bertz CT molecular complexity index is 1240. The number of carbonyl (C=O) groups is 4. The number of ketones is 4. The van der Waals surface area contributed by atoms with E-state index in [0.717, 1.165) is 11.1 Å². The molecule has 184 valence electrons. The summed E-state index contributed by atoms with van der Waals surface area (Å²) in [5.74, 6) is -3.61. The number of Topliss-reactive ketones (excluding diaryl/α,β-unsaturated/α-hetero) is 4. The zero-order chi connectivity index (χ0) is 26.0. The van der Waals surface area contributed by atoms with E-state index in [4.69, 9.17) is 0 Å². The first-order valence-electron chi connectivity index (χ1n) is 12.3. The highest BCUT2D eigenvalue weighted by Gasteiger charge is 2.36. The van der Waals surface area contributed by atoms with Crippen molar-refractivity contribution in [2.45, 2.75) is 19.3 Å². The van der Waals surface area contributed by atoms with Crippen molar-refractivity contribution in [2.24, 2.45) is 11.8 Å². The SMILES string of the molecule is O=C(Cc1ccccc1)C(CC(C(=O)Cc1ccccc1)C(=O)c1ccccc1)C(=O)c1ccccc1. The Hall–Kier alpha value is -4.44. The lowest BCUT2D eigenvalue weighted by Gasteiger charge is -2.21. The van der Waals surface area contributed by atoms with E-state index in [1.165, 1.54) is 0 Å². The van der Waals surface area contributed by atoms with Crippen LogP contribution in [0, 0.1) is 11.8 Å². The molecule has 0 aromatic heterocycles. The molecule has 37 heavy (non-hydrogen) atoms. The van der Waals surface area contributed by atoms with Crippen LogP contribution in [0.25, 0.3) is 0 Å². The summed E-state index contributed by atoms with van der Waals surface area (Å²) < 4.78 is 0. The van der Waals surface area contributed by atoms with Gasteiger partial charge < -0.3 is 0 Å². The van der Waals surface area contributed by atoms with Crippen LogP contribution in [0.5, 0.6) is 0 Å². The predicted octanol–water partition coefficient (Wildman–Crippen LogP) is 6.00. The van der Waals surface area contributed by atoms with Crippen molar-refractivity contribution in [1.82, 2.24) is 0 Å². The summed E-state index contributed by atoms with van der Waals surface area (Å²) in [5, 5.41) is 0. The molecule has 0 radical (unpaired) electrons. The maximum atomic E-state index is 13.6. The molecule has 0 fully saturated rings. The standard InChI is InChI=1S/C33H28O4/c34-30(21-24-13-5-1-6-14-24)28(32(36)26-17-9-3-10-18-26)23-29(33(37)27-19-11-4-12-20-27)31(35)22-25-15-7-2-8-16-25/h1-20,28-29H,21-23H2. The summed E-state index contributed by atoms with van der Waals surface area (Å²) >= 11 is 0. The van der Waals surface area contributed by atoms with E-state index in [2.05, 4.69) is 0 Å². The van der Waals surface area contributed by atoms with Crippen molar-refractivity contribution < 1.29 is 19.2 Å². The van der Waals surface area contributed by atoms with Gasteiger partial charge in [-0.2, -0.15) is 0 Å². The fourth-order valence-corrected chi connectivity index (χ4v) is 4.45. The molecule has 0 saturated heterocycles. The molecule has 0 heterocycles. The summed E-state index contributed by atoms with van der Waals surface area (Å²) in [5.41, 5.74) is 2.32. The van der Waals surface area contributed by atoms with E-state index in [0.29, 0.717) is 11.1 Å². The van der Waals surface area contributed by atoms with Crippen LogP contribution in [-0.4, -0.2) is 23.1 Å². The van der Waals surface area contributed by atoms with Gasteiger partial charge in [-0.25, -0.2) is 0 Å². The minimum atomic E-state index is -1.13. The maximum Gasteiger partial charge on any atom is 0.173 e. The second-order valence-electron chi connectivity index (χ2n) is 9.06. The minimum absolute atomic E-state index is 0.0448. The molecule has 0 bridgehead atoms. The fraction of sp³-hybridized carbons (Fsp3) is 0.152. The average molecular weight is 489 g/mol. The summed E-state index contributed by atoms with van der Waals surface area (Å²) in [6.07, 6.45) is -0.0782. The molecular formula is C33H28O4. The second-order valence-corrected chi connectivity index (χ2v) is 9.06. The zero-order valence-corrected chi connectivity index (χ0v) is 20.5. The van der Waals surface area contributed by atoms with E-state index >= 15 is 0 Å². The largest absolute Gasteiger partial charge is 0.299 e. The lowest BCUT2D eigenvalue weighted by molar-refractivity contribution is -0.123. The Kier molecular flexibility index (Phi) is 8.66. The van der Waals surface area contributed by atoms with Crippen LogP contribution in [0.1, 0.15) is 38.3 Å². The van der Waals surface area contributed by atoms with E-state index in [1.807, 2.05) is 60.7 Å². The number of benzene rings is 4. The fourth-order valence-electron chi connectivity index (χ4n) is 4.45. The summed E-state index contributed by atoms with van der Waals surface area (Å²) in [4.78, 5) is 54.3. The monoisotopic (exact) mass is 488 g/mol. The molecule has 2 unspecified atom stereocenters. The molecule has 2 atom stereocenters. The Labute approximate surface area is 217 Å². The lowest BCUT2D eigenvalue weighted by Crippen LogP contribution is -2.34. The van der Waals surface area contributed by atoms with Gasteiger partial charge in [0.2, 0.25) is 0 Å². The average Bonchev–Trinajstić information content (AvgIpc) is 2.95. The molecule has 4 aromatic rings. The summed E-state index contributed by atoms with van der Waals surface area (Å²) in [6.45, 7) is 0. The van der Waals surface area contributed by atoms with Gasteiger partial charge in [-0.15, -0.1) is 0 Å². The van der Waals surface area contributed by atoms with Crippen LogP contribution in [0.4, 0.5) is 0 Å². The molecule has 0 aliphatic rings. The normalized spacial score (nSPS) is 12.3. The van der Waals surface area contributed by atoms with Gasteiger partial charge in [0, 0.05) is 24.0 Å². The van der Waals surface area contributed by atoms with Gasteiger partial charge in [0.05, 0.1) is 11.8 Å². The van der Waals surface area contributed by atoms with E-state index < -0.39 is 11.8 Å². The Morgan fingerprint density at radius 3 is 1.05 bits per heavy atom. The molecule has 4 rings (SSSR count). The van der Waals surface area contributed by atoms with Crippen molar-refractivity contribution in [3.63, 3.8) is 0 Å². The van der Waals surface area contributed by atoms with Crippen LogP contribution >= 0.6 is 0 Å². The van der Waals surface area contributed by atoms with Crippen LogP contribution in [-0.2, 0) is 22.4 Å². The van der Waals surface area contributed by atoms with Gasteiger partial charge in [0.15, 0.2) is 11.6 Å². The number of rotatable bonds is 12. The highest BCUT2D eigenvalue weighted by Crippen LogP contribution is 2.26. The van der Waals surface area contributed by atoms with Gasteiger partial charge in [-0.3, -0.25) is 19.2 Å². The van der Waals surface area contributed by atoms with Crippen LogP contribution in [0.3, 0.4) is 0 Å². The van der Waals surface area contributed by atoms with Gasteiger partial charge >= 0.3 is 0 Å². The molecular weight excluding hydrogens is 460 g/mol. The quantitative estimate of drug-likeness (QED) is 0.181. The molecule has 0 aliphatic carbocycles. The van der Waals surface area contributed by atoms with Crippen LogP contribution in [0.2, 0.25) is 0 Å². The summed E-state index contributed by atoms with van der Waals surface area (Å²) in [6, 6.07) is 35.5. The zero-order valence-electron chi connectivity index (χ0n) is 20.5. The Balaban J connectivity index is 1.68. The molecule has 4 nitrogen and oxygen atoms in total. The molecule has 0 saturated carbocycles. The van der Waals surface area contributed by atoms with Gasteiger partial charge in [0.1, 0.15) is 11.6 Å². The van der Waals surface area contributed by atoms with E-state index in [9.17, 15) is 19.2 Å². The number of hydrogen-bond donors (Lipinski definition) is 0. The second kappa shape index (κ2) is 12.5. The highest BCUT2D eigenvalue weighted by atomic mass is 16.2. The van der Waals surface area contributed by atoms with Crippen molar-refractivity contribution in [3.05, 3.63) is 144 Å². The third kappa shape index (κ3) is 6.83. The molecule has 0 amide bonds. The molecule has 0 spiro atoms. The van der Waals surface area contributed by atoms with Gasteiger partial charge in [0.25, 0.3) is 0 Å². The minimum Gasteiger partial charge on any atom is -0.299 e. The molecule has 0 aliphatic heterocycles. The topological polar surface area (TPSA) is 68.3 Å². The third-order valence-corrected chi connectivity index (χ3v) is 6.44. The Morgan fingerprint density at radius 2 is 0.730 bits per heavy atom. The van der Waals surface area contributed by atoms with Gasteiger partial charge in [-0.1, -0.05) is 121 Å². The molecule has 0 N–H and O–H groups in total. The summed E-state index contributed by atoms with van der Waals surface area (Å²) in [7, 11) is 0. The van der Waals surface area contributed by atoms with Crippen LogP contribution in [0.15, 0.2) is 121 Å². The number of hydrogen-bond acceptors (Lipinski definition) is 4. The van der Waals surface area contributed by atoms with Crippen molar-refractivity contribution in [2.75, 3.05) is 0 Å². The highest BCUT2D eigenvalue weighted by molar-refractivity contribution is 6.14. The van der Waals surface area contributed by atoms with Crippen molar-refractivity contribution >= 4 is 23.1 Å². The van der Waals surface area contributed by atoms with Crippen LogP contribution < -0.4 is 0 Å². The first kappa shape index (κ1) is 25.6.